The Kier molecular flexibility index (Phi) is 4.25. The first kappa shape index (κ1) is 16.9. The zero-order chi connectivity index (χ0) is 18.9. The maximum absolute atomic E-state index is 12.8. The largest absolute Gasteiger partial charge is 0.352 e. The molecule has 4 aromatic rings. The zero-order valence-corrected chi connectivity index (χ0v) is 15.9. The molecule has 140 valence electrons. The molecule has 0 atom stereocenters. The number of hydrogen-bond acceptors (Lipinski definition) is 6. The third-order valence-corrected chi connectivity index (χ3v) is 5.77. The van der Waals surface area contributed by atoms with Crippen LogP contribution in [0, 0.1) is 0 Å². The lowest BCUT2D eigenvalue weighted by Crippen LogP contribution is -2.49. The highest BCUT2D eigenvalue weighted by molar-refractivity contribution is 7.16. The molecule has 0 N–H and O–H groups in total. The Morgan fingerprint density at radius 3 is 2.43 bits per heavy atom. The van der Waals surface area contributed by atoms with Crippen LogP contribution >= 0.6 is 11.3 Å². The first-order chi connectivity index (χ1) is 13.8. The molecule has 1 aliphatic heterocycles. The van der Waals surface area contributed by atoms with Crippen LogP contribution in [0.5, 0.6) is 0 Å². The average Bonchev–Trinajstić information content (AvgIpc) is 3.45. The standard InChI is InChI=1S/C20H18N6OS/c27-20(15-3-4-16-17(13-15)28-14-21-16)26-11-9-25(10-12-26)19-6-5-18(22-23-19)24-7-1-2-8-24/h1-8,13-14H,9-12H2. The van der Waals surface area contributed by atoms with Crippen molar-refractivity contribution in [3.05, 3.63) is 65.9 Å². The number of thiazole rings is 1. The molecule has 4 heterocycles. The molecule has 5 rings (SSSR count). The van der Waals surface area contributed by atoms with Gasteiger partial charge in [-0.15, -0.1) is 21.5 Å². The lowest BCUT2D eigenvalue weighted by molar-refractivity contribution is 0.0746. The van der Waals surface area contributed by atoms with Gasteiger partial charge in [0.1, 0.15) is 0 Å². The molecular formula is C20H18N6OS. The van der Waals surface area contributed by atoms with Crippen molar-refractivity contribution in [1.82, 2.24) is 24.6 Å². The fraction of sp³-hybridized carbons (Fsp3) is 0.200. The van der Waals surface area contributed by atoms with E-state index < -0.39 is 0 Å². The Morgan fingerprint density at radius 2 is 1.68 bits per heavy atom. The SMILES string of the molecule is O=C(c1ccc2ncsc2c1)N1CCN(c2ccc(-n3cccc3)nn2)CC1. The van der Waals surface area contributed by atoms with Gasteiger partial charge in [0.2, 0.25) is 0 Å². The summed E-state index contributed by atoms with van der Waals surface area (Å²) < 4.78 is 2.97. The summed E-state index contributed by atoms with van der Waals surface area (Å²) in [5, 5.41) is 8.67. The van der Waals surface area contributed by atoms with Crippen molar-refractivity contribution in [3.8, 4) is 5.82 Å². The number of piperazine rings is 1. The molecule has 0 spiro atoms. The molecule has 0 saturated carbocycles. The van der Waals surface area contributed by atoms with Crippen molar-refractivity contribution in [2.24, 2.45) is 0 Å². The monoisotopic (exact) mass is 390 g/mol. The molecule has 1 fully saturated rings. The van der Waals surface area contributed by atoms with Gasteiger partial charge in [0.25, 0.3) is 5.91 Å². The highest BCUT2D eigenvalue weighted by Crippen LogP contribution is 2.21. The second-order valence-corrected chi connectivity index (χ2v) is 7.54. The number of amides is 1. The van der Waals surface area contributed by atoms with E-state index in [1.807, 2.05) is 64.3 Å². The summed E-state index contributed by atoms with van der Waals surface area (Å²) in [5.74, 6) is 1.71. The van der Waals surface area contributed by atoms with E-state index in [0.29, 0.717) is 13.1 Å². The minimum Gasteiger partial charge on any atom is -0.352 e. The van der Waals surface area contributed by atoms with Crippen molar-refractivity contribution < 1.29 is 4.79 Å². The van der Waals surface area contributed by atoms with E-state index in [4.69, 9.17) is 0 Å². The second kappa shape index (κ2) is 7.05. The Bertz CT molecular complexity index is 1100. The minimum atomic E-state index is 0.0731. The third kappa shape index (κ3) is 3.11. The first-order valence-electron chi connectivity index (χ1n) is 9.12. The van der Waals surface area contributed by atoms with Crippen LogP contribution in [0.15, 0.2) is 60.4 Å². The van der Waals surface area contributed by atoms with Gasteiger partial charge in [-0.1, -0.05) is 0 Å². The fourth-order valence-electron chi connectivity index (χ4n) is 3.42. The van der Waals surface area contributed by atoms with Crippen molar-refractivity contribution in [3.63, 3.8) is 0 Å². The molecule has 1 aliphatic rings. The van der Waals surface area contributed by atoms with Gasteiger partial charge in [0, 0.05) is 44.1 Å². The van der Waals surface area contributed by atoms with E-state index in [0.717, 1.165) is 40.5 Å². The lowest BCUT2D eigenvalue weighted by atomic mass is 10.1. The fourth-order valence-corrected chi connectivity index (χ4v) is 4.14. The number of fused-ring (bicyclic) bond motifs is 1. The molecule has 3 aromatic heterocycles. The Hall–Kier alpha value is -3.26. The molecule has 0 radical (unpaired) electrons. The molecule has 28 heavy (non-hydrogen) atoms. The van der Waals surface area contributed by atoms with Crippen LogP contribution < -0.4 is 4.90 Å². The van der Waals surface area contributed by atoms with Crippen LogP contribution in [0.2, 0.25) is 0 Å². The van der Waals surface area contributed by atoms with Crippen LogP contribution in [0.3, 0.4) is 0 Å². The summed E-state index contributed by atoms with van der Waals surface area (Å²) in [4.78, 5) is 21.2. The summed E-state index contributed by atoms with van der Waals surface area (Å²) in [7, 11) is 0. The smallest absolute Gasteiger partial charge is 0.254 e. The van der Waals surface area contributed by atoms with Gasteiger partial charge in [-0.05, 0) is 42.5 Å². The second-order valence-electron chi connectivity index (χ2n) is 6.65. The summed E-state index contributed by atoms with van der Waals surface area (Å²) in [6.45, 7) is 2.82. The number of anilines is 1. The van der Waals surface area contributed by atoms with Gasteiger partial charge in [0.05, 0.1) is 15.7 Å². The Balaban J connectivity index is 1.25. The predicted octanol–water partition coefficient (Wildman–Crippen LogP) is 2.84. The van der Waals surface area contributed by atoms with E-state index in [2.05, 4.69) is 20.1 Å². The van der Waals surface area contributed by atoms with Crippen molar-refractivity contribution >= 4 is 33.3 Å². The minimum absolute atomic E-state index is 0.0731. The quantitative estimate of drug-likeness (QED) is 0.538. The van der Waals surface area contributed by atoms with Gasteiger partial charge < -0.3 is 14.4 Å². The number of hydrogen-bond donors (Lipinski definition) is 0. The number of nitrogens with zero attached hydrogens (tertiary/aromatic N) is 6. The molecule has 1 aromatic carbocycles. The van der Waals surface area contributed by atoms with E-state index in [1.165, 1.54) is 0 Å². The topological polar surface area (TPSA) is 67.2 Å². The van der Waals surface area contributed by atoms with Crippen LogP contribution in [0.25, 0.3) is 16.0 Å². The van der Waals surface area contributed by atoms with Crippen LogP contribution in [-0.2, 0) is 0 Å². The van der Waals surface area contributed by atoms with Gasteiger partial charge in [-0.2, -0.15) is 0 Å². The predicted molar refractivity (Wildman–Crippen MR) is 109 cm³/mol. The molecule has 7 nitrogen and oxygen atoms in total. The van der Waals surface area contributed by atoms with E-state index in [-0.39, 0.29) is 5.91 Å². The van der Waals surface area contributed by atoms with Gasteiger partial charge in [-0.3, -0.25) is 4.79 Å². The highest BCUT2D eigenvalue weighted by atomic mass is 32.1. The zero-order valence-electron chi connectivity index (χ0n) is 15.1. The molecule has 0 unspecified atom stereocenters. The normalized spacial score (nSPS) is 14.6. The number of carbonyl (C=O) groups is 1. The molecule has 8 heteroatoms. The lowest BCUT2D eigenvalue weighted by Gasteiger charge is -2.35. The van der Waals surface area contributed by atoms with Gasteiger partial charge in [-0.25, -0.2) is 4.98 Å². The van der Waals surface area contributed by atoms with Crippen LogP contribution in [-0.4, -0.2) is 56.7 Å². The van der Waals surface area contributed by atoms with Crippen molar-refractivity contribution in [2.75, 3.05) is 31.1 Å². The molecule has 0 aliphatic carbocycles. The van der Waals surface area contributed by atoms with Crippen molar-refractivity contribution in [1.29, 1.82) is 0 Å². The van der Waals surface area contributed by atoms with E-state index in [1.54, 1.807) is 16.8 Å². The van der Waals surface area contributed by atoms with Crippen molar-refractivity contribution in [2.45, 2.75) is 0 Å². The summed E-state index contributed by atoms with van der Waals surface area (Å²) in [5.41, 5.74) is 3.47. The third-order valence-electron chi connectivity index (χ3n) is 4.97. The average molecular weight is 390 g/mol. The highest BCUT2D eigenvalue weighted by Gasteiger charge is 2.23. The molecule has 1 saturated heterocycles. The van der Waals surface area contributed by atoms with Gasteiger partial charge in [0.15, 0.2) is 11.6 Å². The summed E-state index contributed by atoms with van der Waals surface area (Å²) >= 11 is 1.56. The van der Waals surface area contributed by atoms with Crippen LogP contribution in [0.4, 0.5) is 5.82 Å². The summed E-state index contributed by atoms with van der Waals surface area (Å²) in [6, 6.07) is 13.6. The molecular weight excluding hydrogens is 372 g/mol. The number of carbonyl (C=O) groups excluding carboxylic acids is 1. The van der Waals surface area contributed by atoms with E-state index in [9.17, 15) is 4.79 Å². The summed E-state index contributed by atoms with van der Waals surface area (Å²) in [6.07, 6.45) is 3.88. The van der Waals surface area contributed by atoms with Crippen LogP contribution in [0.1, 0.15) is 10.4 Å². The molecule has 1 amide bonds. The Labute approximate surface area is 165 Å². The van der Waals surface area contributed by atoms with Gasteiger partial charge >= 0.3 is 0 Å². The molecule has 0 bridgehead atoms. The number of benzene rings is 1. The maximum Gasteiger partial charge on any atom is 0.254 e. The number of rotatable bonds is 3. The van der Waals surface area contributed by atoms with E-state index >= 15 is 0 Å². The maximum atomic E-state index is 12.8. The number of aromatic nitrogens is 4. The first-order valence-corrected chi connectivity index (χ1v) is 10.0. The Morgan fingerprint density at radius 1 is 0.929 bits per heavy atom.